The van der Waals surface area contributed by atoms with E-state index in [2.05, 4.69) is 5.32 Å². The molecule has 0 aliphatic carbocycles. The van der Waals surface area contributed by atoms with Crippen molar-refractivity contribution >= 4 is 40.3 Å². The van der Waals surface area contributed by atoms with Crippen LogP contribution in [0.1, 0.15) is 45.4 Å². The van der Waals surface area contributed by atoms with Gasteiger partial charge in [-0.1, -0.05) is 42.8 Å². The van der Waals surface area contributed by atoms with E-state index in [1.807, 2.05) is 62.4 Å². The summed E-state index contributed by atoms with van der Waals surface area (Å²) in [6.07, 6.45) is 1.31. The van der Waals surface area contributed by atoms with Gasteiger partial charge in [-0.3, -0.25) is 9.59 Å². The first-order valence-electron chi connectivity index (χ1n) is 8.79. The zero-order valence-corrected chi connectivity index (χ0v) is 16.8. The highest BCUT2D eigenvalue weighted by atomic mass is 35.5. The smallest absolute Gasteiger partial charge is 0.265 e. The van der Waals surface area contributed by atoms with Gasteiger partial charge in [0, 0.05) is 27.6 Å². The number of rotatable bonds is 6. The molecule has 0 saturated heterocycles. The summed E-state index contributed by atoms with van der Waals surface area (Å²) in [5.74, 6) is -0.0856. The normalized spacial score (nSPS) is 10.6. The number of hydrogen-bond acceptors (Lipinski definition) is 3. The van der Waals surface area contributed by atoms with E-state index in [1.165, 1.54) is 11.3 Å². The van der Waals surface area contributed by atoms with Crippen molar-refractivity contribution in [3.8, 4) is 10.4 Å². The van der Waals surface area contributed by atoms with Gasteiger partial charge in [-0.2, -0.15) is 0 Å². The van der Waals surface area contributed by atoms with Crippen LogP contribution in [0.5, 0.6) is 0 Å². The molecule has 0 saturated carbocycles. The maximum absolute atomic E-state index is 12.7. The minimum atomic E-state index is -0.177. The van der Waals surface area contributed by atoms with Crippen LogP contribution in [0.15, 0.2) is 54.6 Å². The first kappa shape index (κ1) is 19.3. The lowest BCUT2D eigenvalue weighted by atomic mass is 10.0. The molecule has 0 spiro atoms. The fourth-order valence-electron chi connectivity index (χ4n) is 2.71. The minimum Gasteiger partial charge on any atom is -0.321 e. The van der Waals surface area contributed by atoms with Crippen molar-refractivity contribution in [3.63, 3.8) is 0 Å². The molecule has 0 atom stereocenters. The summed E-state index contributed by atoms with van der Waals surface area (Å²) in [7, 11) is 0. The van der Waals surface area contributed by atoms with E-state index >= 15 is 0 Å². The Hall–Kier alpha value is -2.43. The summed E-state index contributed by atoms with van der Waals surface area (Å²) in [6, 6.07) is 16.7. The Labute approximate surface area is 168 Å². The molecule has 2 aromatic carbocycles. The zero-order chi connectivity index (χ0) is 19.4. The van der Waals surface area contributed by atoms with Crippen LogP contribution in [0.3, 0.4) is 0 Å². The Morgan fingerprint density at radius 2 is 1.78 bits per heavy atom. The van der Waals surface area contributed by atoms with Crippen LogP contribution in [0.4, 0.5) is 5.69 Å². The Balaban J connectivity index is 1.79. The van der Waals surface area contributed by atoms with Gasteiger partial charge in [0.25, 0.3) is 5.91 Å². The van der Waals surface area contributed by atoms with Crippen LogP contribution in [0.2, 0.25) is 5.02 Å². The van der Waals surface area contributed by atoms with Gasteiger partial charge in [0.1, 0.15) is 0 Å². The summed E-state index contributed by atoms with van der Waals surface area (Å²) in [6.45, 7) is 3.89. The van der Waals surface area contributed by atoms with Gasteiger partial charge in [0.15, 0.2) is 5.78 Å². The number of nitrogens with one attached hydrogen (secondary N) is 1. The maximum Gasteiger partial charge on any atom is 0.265 e. The van der Waals surface area contributed by atoms with Crippen molar-refractivity contribution in [2.45, 2.75) is 26.7 Å². The van der Waals surface area contributed by atoms with Crippen LogP contribution >= 0.6 is 22.9 Å². The fraction of sp³-hybridized carbons (Fsp3) is 0.182. The van der Waals surface area contributed by atoms with Gasteiger partial charge < -0.3 is 5.32 Å². The lowest BCUT2D eigenvalue weighted by Crippen LogP contribution is -2.12. The van der Waals surface area contributed by atoms with Crippen LogP contribution in [0.25, 0.3) is 10.4 Å². The van der Waals surface area contributed by atoms with Gasteiger partial charge in [-0.25, -0.2) is 0 Å². The zero-order valence-electron chi connectivity index (χ0n) is 15.2. The number of ketones is 1. The molecule has 1 aromatic heterocycles. The number of anilines is 1. The third-order valence-electron chi connectivity index (χ3n) is 4.24. The van der Waals surface area contributed by atoms with Gasteiger partial charge in [-0.15, -0.1) is 11.3 Å². The molecular formula is C22H20ClNO2S. The molecule has 0 unspecified atom stereocenters. The SMILES string of the molecule is CCCC(=O)c1ccc(C)c(NC(=O)c2ccc(-c3ccc(Cl)cc3)s2)c1. The lowest BCUT2D eigenvalue weighted by molar-refractivity contribution is 0.0979. The van der Waals surface area contributed by atoms with E-state index in [0.717, 1.165) is 22.4 Å². The third kappa shape index (κ3) is 4.65. The summed E-state index contributed by atoms with van der Waals surface area (Å²) in [5, 5.41) is 3.62. The number of carbonyl (C=O) groups excluding carboxylic acids is 2. The summed E-state index contributed by atoms with van der Waals surface area (Å²) in [4.78, 5) is 26.4. The molecule has 0 fully saturated rings. The Morgan fingerprint density at radius 1 is 1.04 bits per heavy atom. The fourth-order valence-corrected chi connectivity index (χ4v) is 3.75. The Bertz CT molecular complexity index is 976. The lowest BCUT2D eigenvalue weighted by Gasteiger charge is -2.09. The minimum absolute atomic E-state index is 0.0918. The second-order valence-corrected chi connectivity index (χ2v) is 7.85. The number of benzene rings is 2. The second-order valence-electron chi connectivity index (χ2n) is 6.33. The maximum atomic E-state index is 12.7. The highest BCUT2D eigenvalue weighted by molar-refractivity contribution is 7.17. The van der Waals surface area contributed by atoms with Crippen molar-refractivity contribution in [1.29, 1.82) is 0 Å². The highest BCUT2D eigenvalue weighted by Crippen LogP contribution is 2.30. The van der Waals surface area contributed by atoms with Crippen molar-refractivity contribution < 1.29 is 9.59 Å². The Kier molecular flexibility index (Phi) is 6.09. The third-order valence-corrected chi connectivity index (χ3v) is 5.63. The average Bonchev–Trinajstić information content (AvgIpc) is 3.14. The van der Waals surface area contributed by atoms with E-state index in [0.29, 0.717) is 27.6 Å². The van der Waals surface area contributed by atoms with Crippen molar-refractivity contribution in [3.05, 3.63) is 75.6 Å². The number of aryl methyl sites for hydroxylation is 1. The number of Topliss-reactive ketones (excluding diaryl/α,β-unsaturated/α-hetero) is 1. The van der Waals surface area contributed by atoms with Crippen LogP contribution in [0, 0.1) is 6.92 Å². The highest BCUT2D eigenvalue weighted by Gasteiger charge is 2.13. The molecule has 0 aliphatic rings. The molecule has 5 heteroatoms. The predicted octanol–water partition coefficient (Wildman–Crippen LogP) is 6.61. The van der Waals surface area contributed by atoms with Crippen molar-refractivity contribution in [2.75, 3.05) is 5.32 Å². The van der Waals surface area contributed by atoms with E-state index in [9.17, 15) is 9.59 Å². The molecule has 1 heterocycles. The molecule has 0 radical (unpaired) electrons. The summed E-state index contributed by atoms with van der Waals surface area (Å²) >= 11 is 7.35. The quantitative estimate of drug-likeness (QED) is 0.475. The van der Waals surface area contributed by atoms with Gasteiger partial charge in [-0.05, 0) is 54.8 Å². The van der Waals surface area contributed by atoms with Crippen LogP contribution in [-0.2, 0) is 0 Å². The van der Waals surface area contributed by atoms with E-state index in [4.69, 9.17) is 11.6 Å². The molecule has 1 N–H and O–H groups in total. The molecule has 1 amide bonds. The standard InChI is InChI=1S/C22H20ClNO2S/c1-3-4-19(25)16-6-5-14(2)18(13-16)24-22(26)21-12-11-20(27-21)15-7-9-17(23)10-8-15/h5-13H,3-4H2,1-2H3,(H,24,26). The van der Waals surface area contributed by atoms with Crippen LogP contribution in [-0.4, -0.2) is 11.7 Å². The Morgan fingerprint density at radius 3 is 2.48 bits per heavy atom. The number of halogens is 1. The average molecular weight is 398 g/mol. The molecule has 138 valence electrons. The largest absolute Gasteiger partial charge is 0.321 e. The molecule has 3 rings (SSSR count). The van der Waals surface area contributed by atoms with Gasteiger partial charge >= 0.3 is 0 Å². The number of carbonyl (C=O) groups is 2. The van der Waals surface area contributed by atoms with E-state index in [1.54, 1.807) is 6.07 Å². The monoisotopic (exact) mass is 397 g/mol. The predicted molar refractivity (Wildman–Crippen MR) is 113 cm³/mol. The van der Waals surface area contributed by atoms with Crippen molar-refractivity contribution in [1.82, 2.24) is 0 Å². The molecule has 27 heavy (non-hydrogen) atoms. The van der Waals surface area contributed by atoms with Crippen molar-refractivity contribution in [2.24, 2.45) is 0 Å². The van der Waals surface area contributed by atoms with E-state index in [-0.39, 0.29) is 11.7 Å². The number of amides is 1. The molecule has 3 aromatic rings. The molecule has 0 bridgehead atoms. The summed E-state index contributed by atoms with van der Waals surface area (Å²) in [5.41, 5.74) is 3.24. The topological polar surface area (TPSA) is 46.2 Å². The van der Waals surface area contributed by atoms with Crippen LogP contribution < -0.4 is 5.32 Å². The molecule has 3 nitrogen and oxygen atoms in total. The molecule has 0 aliphatic heterocycles. The number of hydrogen-bond donors (Lipinski definition) is 1. The molecular weight excluding hydrogens is 378 g/mol. The van der Waals surface area contributed by atoms with E-state index < -0.39 is 0 Å². The second kappa shape index (κ2) is 8.51. The first-order chi connectivity index (χ1) is 13.0. The number of thiophene rings is 1. The first-order valence-corrected chi connectivity index (χ1v) is 9.98. The van der Waals surface area contributed by atoms with Gasteiger partial charge in [0.05, 0.1) is 4.88 Å². The van der Waals surface area contributed by atoms with Gasteiger partial charge in [0.2, 0.25) is 0 Å². The summed E-state index contributed by atoms with van der Waals surface area (Å²) < 4.78 is 0.